The van der Waals surface area contributed by atoms with Gasteiger partial charge in [0.25, 0.3) is 0 Å². The summed E-state index contributed by atoms with van der Waals surface area (Å²) in [5.74, 6) is 0. The van der Waals surface area contributed by atoms with Crippen molar-refractivity contribution < 1.29 is 4.74 Å². The summed E-state index contributed by atoms with van der Waals surface area (Å²) in [5, 5.41) is 4.29. The molecule has 0 aromatic rings. The zero-order chi connectivity index (χ0) is 8.10. The van der Waals surface area contributed by atoms with Crippen molar-refractivity contribution in [3.63, 3.8) is 0 Å². The van der Waals surface area contributed by atoms with E-state index in [1.54, 1.807) is 0 Å². The molecule has 1 saturated heterocycles. The fourth-order valence-electron chi connectivity index (χ4n) is 1.24. The van der Waals surface area contributed by atoms with E-state index < -0.39 is 0 Å². The second-order valence-electron chi connectivity index (χ2n) is 2.80. The summed E-state index contributed by atoms with van der Waals surface area (Å²) in [6.45, 7) is 6.87. The van der Waals surface area contributed by atoms with E-state index in [2.05, 4.69) is 19.0 Å². The summed E-state index contributed by atoms with van der Waals surface area (Å²) >= 11 is 0. The molecule has 65 valence electrons. The topological polar surface area (TPSA) is 15.7 Å². The predicted molar refractivity (Wildman–Crippen MR) is 44.7 cm³/mol. The van der Waals surface area contributed by atoms with E-state index >= 15 is 0 Å². The van der Waals surface area contributed by atoms with Crippen LogP contribution >= 0.6 is 0 Å². The molecular weight excluding hydrogens is 140 g/mol. The lowest BCUT2D eigenvalue weighted by Crippen LogP contribution is -2.45. The van der Waals surface area contributed by atoms with Crippen LogP contribution in [0, 0.1) is 7.05 Å². The van der Waals surface area contributed by atoms with Crippen molar-refractivity contribution in [3.8, 4) is 0 Å². The molecule has 0 atom stereocenters. The molecule has 1 radical (unpaired) electrons. The van der Waals surface area contributed by atoms with Crippen LogP contribution in [-0.2, 0) is 4.74 Å². The molecule has 0 spiro atoms. The highest BCUT2D eigenvalue weighted by molar-refractivity contribution is 4.60. The summed E-state index contributed by atoms with van der Waals surface area (Å²) in [6.07, 6.45) is 1.15. The fraction of sp³-hybridized carbons (Fsp3) is 0.875. The van der Waals surface area contributed by atoms with Gasteiger partial charge in [-0.15, -0.1) is 0 Å². The Balaban J connectivity index is 2.21. The molecule has 11 heavy (non-hydrogen) atoms. The van der Waals surface area contributed by atoms with Crippen molar-refractivity contribution in [2.24, 2.45) is 0 Å². The van der Waals surface area contributed by atoms with Crippen LogP contribution in [0.15, 0.2) is 0 Å². The number of hydrogen-bond donors (Lipinski definition) is 0. The number of nitrogens with zero attached hydrogens (tertiary/aromatic N) is 2. The van der Waals surface area contributed by atoms with Crippen molar-refractivity contribution >= 4 is 0 Å². The molecule has 1 heterocycles. The van der Waals surface area contributed by atoms with Crippen LogP contribution in [0.2, 0.25) is 0 Å². The van der Waals surface area contributed by atoms with E-state index in [4.69, 9.17) is 4.74 Å². The smallest absolute Gasteiger partial charge is 0.0608 e. The average Bonchev–Trinajstić information content (AvgIpc) is 2.07. The normalized spacial score (nSPS) is 21.0. The molecule has 0 aromatic carbocycles. The first-order valence-corrected chi connectivity index (χ1v) is 4.25. The van der Waals surface area contributed by atoms with Crippen molar-refractivity contribution in [1.29, 1.82) is 0 Å². The highest BCUT2D eigenvalue weighted by Crippen LogP contribution is 2.01. The van der Waals surface area contributed by atoms with Gasteiger partial charge in [-0.2, -0.15) is 0 Å². The van der Waals surface area contributed by atoms with Crippen LogP contribution < -0.4 is 0 Å². The van der Waals surface area contributed by atoms with Gasteiger partial charge < -0.3 is 4.74 Å². The van der Waals surface area contributed by atoms with E-state index in [9.17, 15) is 0 Å². The number of morpholine rings is 1. The van der Waals surface area contributed by atoms with Gasteiger partial charge in [0.05, 0.1) is 13.2 Å². The van der Waals surface area contributed by atoms with E-state index in [0.717, 1.165) is 39.3 Å². The Kier molecular flexibility index (Phi) is 3.83. The van der Waals surface area contributed by atoms with Crippen LogP contribution in [-0.4, -0.2) is 42.9 Å². The first-order chi connectivity index (χ1) is 5.34. The van der Waals surface area contributed by atoms with Gasteiger partial charge in [-0.3, -0.25) is 0 Å². The van der Waals surface area contributed by atoms with Crippen molar-refractivity contribution in [1.82, 2.24) is 10.0 Å². The Labute approximate surface area is 68.9 Å². The molecule has 1 aliphatic rings. The second kappa shape index (κ2) is 4.70. The quantitative estimate of drug-likeness (QED) is 0.601. The van der Waals surface area contributed by atoms with Gasteiger partial charge in [-0.05, 0) is 6.42 Å². The van der Waals surface area contributed by atoms with Gasteiger partial charge in [0, 0.05) is 26.7 Å². The van der Waals surface area contributed by atoms with Crippen LogP contribution in [0.1, 0.15) is 13.3 Å². The van der Waals surface area contributed by atoms with Crippen LogP contribution in [0.4, 0.5) is 0 Å². The lowest BCUT2D eigenvalue weighted by molar-refractivity contribution is -0.0646. The minimum absolute atomic E-state index is 0.843. The molecule has 1 aliphatic heterocycles. The van der Waals surface area contributed by atoms with Gasteiger partial charge in [-0.1, -0.05) is 6.92 Å². The van der Waals surface area contributed by atoms with Crippen molar-refractivity contribution in [2.75, 3.05) is 32.8 Å². The Hall–Kier alpha value is -0.120. The van der Waals surface area contributed by atoms with Gasteiger partial charge >= 0.3 is 0 Å². The molecule has 0 amide bonds. The third-order valence-corrected chi connectivity index (χ3v) is 1.87. The SMILES string of the molecule is [CH2]N(CCC)N1CCOCC1. The lowest BCUT2D eigenvalue weighted by atomic mass is 10.4. The Morgan fingerprint density at radius 2 is 2.09 bits per heavy atom. The Morgan fingerprint density at radius 1 is 1.45 bits per heavy atom. The van der Waals surface area contributed by atoms with E-state index in [-0.39, 0.29) is 0 Å². The first kappa shape index (κ1) is 8.97. The molecule has 0 N–H and O–H groups in total. The summed E-state index contributed by atoms with van der Waals surface area (Å²) in [4.78, 5) is 0. The van der Waals surface area contributed by atoms with Gasteiger partial charge in [0.2, 0.25) is 0 Å². The zero-order valence-electron chi connectivity index (χ0n) is 7.25. The largest absolute Gasteiger partial charge is 0.379 e. The predicted octanol–water partition coefficient (Wildman–Crippen LogP) is 0.737. The molecule has 0 unspecified atom stereocenters. The first-order valence-electron chi connectivity index (χ1n) is 4.25. The minimum atomic E-state index is 0.843. The van der Waals surface area contributed by atoms with Crippen LogP contribution in [0.5, 0.6) is 0 Å². The summed E-state index contributed by atoms with van der Waals surface area (Å²) < 4.78 is 5.23. The summed E-state index contributed by atoms with van der Waals surface area (Å²) in [7, 11) is 3.96. The molecule has 3 heteroatoms. The fourth-order valence-corrected chi connectivity index (χ4v) is 1.24. The average molecular weight is 157 g/mol. The highest BCUT2D eigenvalue weighted by atomic mass is 16.5. The zero-order valence-corrected chi connectivity index (χ0v) is 7.25. The number of ether oxygens (including phenoxy) is 1. The van der Waals surface area contributed by atoms with Gasteiger partial charge in [-0.25, -0.2) is 10.0 Å². The van der Waals surface area contributed by atoms with E-state index in [1.807, 2.05) is 5.01 Å². The maximum absolute atomic E-state index is 5.23. The minimum Gasteiger partial charge on any atom is -0.379 e. The molecule has 0 aromatic heterocycles. The highest BCUT2D eigenvalue weighted by Gasteiger charge is 2.13. The number of hydrazine groups is 1. The van der Waals surface area contributed by atoms with Gasteiger partial charge in [0.1, 0.15) is 0 Å². The summed E-state index contributed by atoms with van der Waals surface area (Å²) in [5.41, 5.74) is 0. The molecule has 0 bridgehead atoms. The standard InChI is InChI=1S/C8H17N2O/c1-3-4-9(2)10-5-7-11-8-6-10/h2-8H2,1H3. The molecule has 0 aliphatic carbocycles. The van der Waals surface area contributed by atoms with Crippen LogP contribution in [0.3, 0.4) is 0 Å². The molecule has 0 saturated carbocycles. The van der Waals surface area contributed by atoms with E-state index in [0.29, 0.717) is 0 Å². The molecule has 1 fully saturated rings. The Bertz CT molecular complexity index is 102. The monoisotopic (exact) mass is 157 g/mol. The van der Waals surface area contributed by atoms with Crippen LogP contribution in [0.25, 0.3) is 0 Å². The van der Waals surface area contributed by atoms with E-state index in [1.165, 1.54) is 0 Å². The third-order valence-electron chi connectivity index (χ3n) is 1.87. The molecule has 1 rings (SSSR count). The lowest BCUT2D eigenvalue weighted by Gasteiger charge is -2.34. The molecular formula is C8H17N2O. The maximum Gasteiger partial charge on any atom is 0.0608 e. The number of rotatable bonds is 3. The van der Waals surface area contributed by atoms with Crippen molar-refractivity contribution in [2.45, 2.75) is 13.3 Å². The van der Waals surface area contributed by atoms with Gasteiger partial charge in [0.15, 0.2) is 0 Å². The Morgan fingerprint density at radius 3 is 2.64 bits per heavy atom. The van der Waals surface area contributed by atoms with Crippen molar-refractivity contribution in [3.05, 3.63) is 7.05 Å². The summed E-state index contributed by atoms with van der Waals surface area (Å²) in [6, 6.07) is 0. The number of hydrogen-bond acceptors (Lipinski definition) is 3. The molecule has 3 nitrogen and oxygen atoms in total. The third kappa shape index (κ3) is 2.77. The second-order valence-corrected chi connectivity index (χ2v) is 2.80. The maximum atomic E-state index is 5.23.